The molecule has 6 nitrogen and oxygen atoms in total. The molecule has 0 amide bonds. The van der Waals surface area contributed by atoms with E-state index in [1.54, 1.807) is 18.3 Å². The van der Waals surface area contributed by atoms with Crippen LogP contribution >= 0.6 is 23.6 Å². The summed E-state index contributed by atoms with van der Waals surface area (Å²) in [6.45, 7) is 0. The molecule has 0 unspecified atom stereocenters. The van der Waals surface area contributed by atoms with Gasteiger partial charge in [0.15, 0.2) is 3.95 Å². The number of aliphatic imine (C=N–C) groups is 1. The molecule has 1 heterocycles. The van der Waals surface area contributed by atoms with E-state index in [4.69, 9.17) is 12.2 Å². The third kappa shape index (κ3) is 3.02. The number of nitrogens with zero attached hydrogens (tertiary/aromatic N) is 3. The summed E-state index contributed by atoms with van der Waals surface area (Å²) in [4.78, 5) is 14.1. The number of benzene rings is 1. The van der Waals surface area contributed by atoms with E-state index in [0.29, 0.717) is 9.09 Å². The Morgan fingerprint density at radius 1 is 1.47 bits per heavy atom. The topological polar surface area (TPSA) is 84.2 Å². The third-order valence-electron chi connectivity index (χ3n) is 1.85. The summed E-state index contributed by atoms with van der Waals surface area (Å²) in [6.07, 6.45) is 1.57. The Hall–Kier alpha value is -1.93. The van der Waals surface area contributed by atoms with Gasteiger partial charge in [-0.05, 0) is 29.9 Å². The van der Waals surface area contributed by atoms with Crippen molar-refractivity contribution in [2.24, 2.45) is 4.99 Å². The van der Waals surface area contributed by atoms with E-state index in [1.165, 1.54) is 23.5 Å². The molecule has 0 aliphatic heterocycles. The number of hydrogen-bond acceptors (Lipinski definition) is 6. The van der Waals surface area contributed by atoms with E-state index in [1.807, 2.05) is 0 Å². The Balaban J connectivity index is 2.16. The molecule has 0 spiro atoms. The maximum absolute atomic E-state index is 10.4. The van der Waals surface area contributed by atoms with E-state index >= 15 is 0 Å². The van der Waals surface area contributed by atoms with Crippen molar-refractivity contribution in [1.29, 1.82) is 0 Å². The molecule has 1 N–H and O–H groups in total. The van der Waals surface area contributed by atoms with Gasteiger partial charge in [0, 0.05) is 18.3 Å². The van der Waals surface area contributed by atoms with Crippen molar-refractivity contribution in [3.8, 4) is 0 Å². The van der Waals surface area contributed by atoms with Crippen LogP contribution in [0.5, 0.6) is 0 Å². The lowest BCUT2D eigenvalue weighted by Gasteiger charge is -1.92. The normalized spacial score (nSPS) is 10.8. The number of hydrogen-bond donors (Lipinski definition) is 1. The first-order chi connectivity index (χ1) is 8.15. The fourth-order valence-corrected chi connectivity index (χ4v) is 1.81. The number of nitro benzene ring substituents is 1. The van der Waals surface area contributed by atoms with Crippen molar-refractivity contribution in [2.75, 3.05) is 0 Å². The van der Waals surface area contributed by atoms with Crippen molar-refractivity contribution in [3.63, 3.8) is 0 Å². The van der Waals surface area contributed by atoms with Gasteiger partial charge in [0.05, 0.1) is 4.92 Å². The molecular formula is C9H6N4O2S2. The van der Waals surface area contributed by atoms with E-state index in [9.17, 15) is 10.1 Å². The van der Waals surface area contributed by atoms with Crippen LogP contribution in [0.3, 0.4) is 0 Å². The molecule has 0 saturated heterocycles. The summed E-state index contributed by atoms with van der Waals surface area (Å²) < 4.78 is 0.556. The fraction of sp³-hybridized carbons (Fsp3) is 0. The number of aromatic amines is 1. The third-order valence-corrected chi connectivity index (χ3v) is 2.85. The van der Waals surface area contributed by atoms with Crippen LogP contribution in [0.1, 0.15) is 5.56 Å². The molecule has 17 heavy (non-hydrogen) atoms. The quantitative estimate of drug-likeness (QED) is 0.400. The van der Waals surface area contributed by atoms with Crippen LogP contribution in [0.4, 0.5) is 10.8 Å². The standard InChI is InChI=1S/C9H6N4O2S2/c14-13(15)7-3-1-6(2-4-7)5-10-8-11-12-9(16)17-8/h1-5H,(H,12,16)/b10-5+. The van der Waals surface area contributed by atoms with Gasteiger partial charge in [0.1, 0.15) is 0 Å². The molecule has 0 radical (unpaired) electrons. The zero-order valence-corrected chi connectivity index (χ0v) is 9.99. The minimum absolute atomic E-state index is 0.0533. The van der Waals surface area contributed by atoms with Crippen LogP contribution in [-0.4, -0.2) is 21.3 Å². The summed E-state index contributed by atoms with van der Waals surface area (Å²) >= 11 is 6.12. The maximum atomic E-state index is 10.4. The fourth-order valence-electron chi connectivity index (χ4n) is 1.09. The maximum Gasteiger partial charge on any atom is 0.269 e. The van der Waals surface area contributed by atoms with Crippen LogP contribution in [0.15, 0.2) is 29.3 Å². The number of rotatable bonds is 3. The lowest BCUT2D eigenvalue weighted by atomic mass is 10.2. The van der Waals surface area contributed by atoms with Crippen LogP contribution < -0.4 is 0 Å². The summed E-state index contributed by atoms with van der Waals surface area (Å²) in [5.74, 6) is 0. The van der Waals surface area contributed by atoms with E-state index in [-0.39, 0.29) is 5.69 Å². The van der Waals surface area contributed by atoms with Gasteiger partial charge >= 0.3 is 0 Å². The van der Waals surface area contributed by atoms with Crippen molar-refractivity contribution in [1.82, 2.24) is 10.2 Å². The Morgan fingerprint density at radius 3 is 2.71 bits per heavy atom. The minimum Gasteiger partial charge on any atom is -0.258 e. The zero-order chi connectivity index (χ0) is 12.3. The van der Waals surface area contributed by atoms with Crippen molar-refractivity contribution >= 4 is 40.6 Å². The predicted molar refractivity (Wildman–Crippen MR) is 67.6 cm³/mol. The van der Waals surface area contributed by atoms with E-state index in [2.05, 4.69) is 15.2 Å². The van der Waals surface area contributed by atoms with Gasteiger partial charge in [0.25, 0.3) is 5.69 Å². The minimum atomic E-state index is -0.444. The highest BCUT2D eigenvalue weighted by molar-refractivity contribution is 7.73. The Kier molecular flexibility index (Phi) is 3.35. The molecule has 0 saturated carbocycles. The molecule has 86 valence electrons. The molecule has 0 bridgehead atoms. The highest BCUT2D eigenvalue weighted by Crippen LogP contribution is 2.15. The molecule has 2 rings (SSSR count). The lowest BCUT2D eigenvalue weighted by molar-refractivity contribution is -0.384. The Bertz CT molecular complexity index is 614. The Morgan fingerprint density at radius 2 is 2.18 bits per heavy atom. The highest BCUT2D eigenvalue weighted by Gasteiger charge is 2.02. The molecule has 0 atom stereocenters. The second-order valence-electron chi connectivity index (χ2n) is 3.00. The van der Waals surface area contributed by atoms with Gasteiger partial charge < -0.3 is 0 Å². The van der Waals surface area contributed by atoms with Gasteiger partial charge in [-0.2, -0.15) is 0 Å². The molecule has 0 aliphatic carbocycles. The molecule has 1 aromatic carbocycles. The Labute approximate surface area is 105 Å². The van der Waals surface area contributed by atoms with E-state index < -0.39 is 4.92 Å². The van der Waals surface area contributed by atoms with Crippen molar-refractivity contribution in [3.05, 3.63) is 43.9 Å². The number of nitrogens with one attached hydrogen (secondary N) is 1. The summed E-state index contributed by atoms with van der Waals surface area (Å²) in [5.41, 5.74) is 0.814. The van der Waals surface area contributed by atoms with Crippen LogP contribution in [-0.2, 0) is 0 Å². The predicted octanol–water partition coefficient (Wildman–Crippen LogP) is 2.86. The summed E-state index contributed by atoms with van der Waals surface area (Å²) in [6, 6.07) is 6.09. The number of nitro groups is 1. The second-order valence-corrected chi connectivity index (χ2v) is 4.65. The SMILES string of the molecule is O=[N+]([O-])c1ccc(/C=N/c2n[nH]c(=S)s2)cc1. The highest BCUT2D eigenvalue weighted by atomic mass is 32.1. The summed E-state index contributed by atoms with van der Waals surface area (Å²) in [7, 11) is 0. The molecule has 8 heteroatoms. The first-order valence-electron chi connectivity index (χ1n) is 4.49. The monoisotopic (exact) mass is 266 g/mol. The number of H-pyrrole nitrogens is 1. The lowest BCUT2D eigenvalue weighted by Crippen LogP contribution is -1.88. The largest absolute Gasteiger partial charge is 0.269 e. The average Bonchev–Trinajstić information content (AvgIpc) is 2.73. The van der Waals surface area contributed by atoms with Crippen molar-refractivity contribution in [2.45, 2.75) is 0 Å². The van der Waals surface area contributed by atoms with Crippen LogP contribution in [0, 0.1) is 14.1 Å². The average molecular weight is 266 g/mol. The molecule has 0 aliphatic rings. The van der Waals surface area contributed by atoms with Gasteiger partial charge in [-0.1, -0.05) is 11.3 Å². The van der Waals surface area contributed by atoms with Gasteiger partial charge in [-0.15, -0.1) is 5.10 Å². The van der Waals surface area contributed by atoms with Crippen LogP contribution in [0.25, 0.3) is 0 Å². The van der Waals surface area contributed by atoms with Crippen molar-refractivity contribution < 1.29 is 4.92 Å². The number of aromatic nitrogens is 2. The van der Waals surface area contributed by atoms with Gasteiger partial charge in [-0.25, -0.2) is 4.99 Å². The zero-order valence-electron chi connectivity index (χ0n) is 8.36. The number of non-ortho nitro benzene ring substituents is 1. The van der Waals surface area contributed by atoms with E-state index in [0.717, 1.165) is 5.56 Å². The molecule has 2 aromatic rings. The summed E-state index contributed by atoms with van der Waals surface area (Å²) in [5, 5.41) is 17.4. The molecule has 1 aromatic heterocycles. The molecular weight excluding hydrogens is 260 g/mol. The van der Waals surface area contributed by atoms with Gasteiger partial charge in [-0.3, -0.25) is 15.2 Å². The first-order valence-corrected chi connectivity index (χ1v) is 5.71. The molecule has 0 fully saturated rings. The second kappa shape index (κ2) is 4.93. The smallest absolute Gasteiger partial charge is 0.258 e. The van der Waals surface area contributed by atoms with Gasteiger partial charge in [0.2, 0.25) is 5.13 Å². The van der Waals surface area contributed by atoms with Crippen LogP contribution in [0.2, 0.25) is 0 Å². The first kappa shape index (κ1) is 11.6.